The molecule has 0 radical (unpaired) electrons. The molecular weight excluding hydrogens is 324 g/mol. The minimum atomic E-state index is -0.505. The van der Waals surface area contributed by atoms with Gasteiger partial charge in [0.1, 0.15) is 12.0 Å². The largest absolute Gasteiger partial charge is 0.493 e. The van der Waals surface area contributed by atoms with Gasteiger partial charge in [-0.25, -0.2) is 4.98 Å². The van der Waals surface area contributed by atoms with Gasteiger partial charge in [0.15, 0.2) is 11.5 Å². The fourth-order valence-corrected chi connectivity index (χ4v) is 1.93. The van der Waals surface area contributed by atoms with E-state index in [9.17, 15) is 10.1 Å². The van der Waals surface area contributed by atoms with Crippen molar-refractivity contribution in [1.29, 1.82) is 0 Å². The second-order valence-electron chi connectivity index (χ2n) is 5.24. The van der Waals surface area contributed by atoms with Crippen molar-refractivity contribution in [2.24, 2.45) is 5.10 Å². The quantitative estimate of drug-likeness (QED) is 0.446. The van der Waals surface area contributed by atoms with Crippen molar-refractivity contribution >= 4 is 17.7 Å². The lowest BCUT2D eigenvalue weighted by molar-refractivity contribution is -0.385. The zero-order chi connectivity index (χ0) is 18.2. The molecule has 1 atom stereocenters. The van der Waals surface area contributed by atoms with E-state index in [1.807, 2.05) is 32.0 Å². The molecule has 2 rings (SSSR count). The average Bonchev–Trinajstić information content (AvgIpc) is 2.63. The lowest BCUT2D eigenvalue weighted by atomic mass is 10.2. The number of hydrazone groups is 1. The molecule has 1 N–H and O–H groups in total. The van der Waals surface area contributed by atoms with Gasteiger partial charge in [-0.15, -0.1) is 0 Å². The van der Waals surface area contributed by atoms with E-state index in [1.54, 1.807) is 13.3 Å². The summed E-state index contributed by atoms with van der Waals surface area (Å²) in [5.41, 5.74) is 3.40. The van der Waals surface area contributed by atoms with Gasteiger partial charge in [-0.1, -0.05) is 13.0 Å². The monoisotopic (exact) mass is 344 g/mol. The Balaban J connectivity index is 2.15. The second-order valence-corrected chi connectivity index (χ2v) is 5.24. The predicted octanol–water partition coefficient (Wildman–Crippen LogP) is 3.62. The molecule has 0 aliphatic heterocycles. The molecule has 1 aromatic carbocycles. The molecule has 0 saturated carbocycles. The second kappa shape index (κ2) is 8.62. The van der Waals surface area contributed by atoms with Crippen LogP contribution in [-0.4, -0.2) is 29.3 Å². The van der Waals surface area contributed by atoms with E-state index < -0.39 is 4.92 Å². The van der Waals surface area contributed by atoms with Crippen LogP contribution in [0, 0.1) is 10.1 Å². The maximum atomic E-state index is 10.6. The van der Waals surface area contributed by atoms with E-state index in [4.69, 9.17) is 9.47 Å². The van der Waals surface area contributed by atoms with Crippen LogP contribution in [0.2, 0.25) is 0 Å². The predicted molar refractivity (Wildman–Crippen MR) is 95.5 cm³/mol. The van der Waals surface area contributed by atoms with Gasteiger partial charge in [0.05, 0.1) is 24.4 Å². The molecule has 0 fully saturated rings. The summed E-state index contributed by atoms with van der Waals surface area (Å²) in [6, 6.07) is 8.36. The van der Waals surface area contributed by atoms with Gasteiger partial charge < -0.3 is 9.47 Å². The smallest absolute Gasteiger partial charge is 0.287 e. The molecule has 1 heterocycles. The van der Waals surface area contributed by atoms with Crippen LogP contribution >= 0.6 is 0 Å². The number of ether oxygens (including phenoxy) is 2. The number of nitrogens with zero attached hydrogens (tertiary/aromatic N) is 3. The van der Waals surface area contributed by atoms with E-state index >= 15 is 0 Å². The number of aromatic nitrogens is 1. The summed E-state index contributed by atoms with van der Waals surface area (Å²) in [4.78, 5) is 14.0. The molecule has 0 spiro atoms. The van der Waals surface area contributed by atoms with Crippen LogP contribution in [0.5, 0.6) is 11.5 Å². The SMILES string of the molecule is CC[C@H](C)Oc1c(/C=N/Nc2ccc([N+](=O)[O-])cn2)cccc1OC. The van der Waals surface area contributed by atoms with Gasteiger partial charge >= 0.3 is 0 Å². The Morgan fingerprint density at radius 2 is 2.20 bits per heavy atom. The Hall–Kier alpha value is -3.16. The Morgan fingerprint density at radius 1 is 1.40 bits per heavy atom. The summed E-state index contributed by atoms with van der Waals surface area (Å²) >= 11 is 0. The Morgan fingerprint density at radius 3 is 2.80 bits per heavy atom. The maximum absolute atomic E-state index is 10.6. The summed E-state index contributed by atoms with van der Waals surface area (Å²) in [6.45, 7) is 4.02. The summed E-state index contributed by atoms with van der Waals surface area (Å²) in [7, 11) is 1.58. The zero-order valence-corrected chi connectivity index (χ0v) is 14.3. The molecule has 8 heteroatoms. The molecule has 0 saturated heterocycles. The highest BCUT2D eigenvalue weighted by molar-refractivity contribution is 5.85. The number of methoxy groups -OCH3 is 1. The maximum Gasteiger partial charge on any atom is 0.287 e. The zero-order valence-electron chi connectivity index (χ0n) is 14.3. The van der Waals surface area contributed by atoms with Crippen LogP contribution in [0.4, 0.5) is 11.5 Å². The molecule has 8 nitrogen and oxygen atoms in total. The average molecular weight is 344 g/mol. The number of nitrogens with one attached hydrogen (secondary N) is 1. The van der Waals surface area contributed by atoms with E-state index in [0.717, 1.165) is 12.0 Å². The minimum absolute atomic E-state index is 0.0350. The first-order chi connectivity index (χ1) is 12.0. The number of pyridine rings is 1. The van der Waals surface area contributed by atoms with Gasteiger partial charge in [-0.2, -0.15) is 5.10 Å². The van der Waals surface area contributed by atoms with Crippen LogP contribution < -0.4 is 14.9 Å². The number of hydrogen-bond donors (Lipinski definition) is 1. The van der Waals surface area contributed by atoms with Crippen LogP contribution in [0.25, 0.3) is 0 Å². The molecule has 0 aliphatic carbocycles. The molecule has 2 aromatic rings. The lowest BCUT2D eigenvalue weighted by Crippen LogP contribution is -2.12. The number of anilines is 1. The normalized spacial score (nSPS) is 12.0. The molecular formula is C17H20N4O4. The number of nitro groups is 1. The molecule has 0 aliphatic rings. The van der Waals surface area contributed by atoms with E-state index in [-0.39, 0.29) is 11.8 Å². The number of hydrogen-bond acceptors (Lipinski definition) is 7. The molecule has 0 amide bonds. The summed E-state index contributed by atoms with van der Waals surface area (Å²) < 4.78 is 11.3. The van der Waals surface area contributed by atoms with Gasteiger partial charge in [0.2, 0.25) is 0 Å². The number of benzene rings is 1. The van der Waals surface area contributed by atoms with Crippen LogP contribution in [0.15, 0.2) is 41.6 Å². The van der Waals surface area contributed by atoms with E-state index in [2.05, 4.69) is 15.5 Å². The molecule has 1 aromatic heterocycles. The summed E-state index contributed by atoms with van der Waals surface area (Å²) in [5.74, 6) is 1.63. The fourth-order valence-electron chi connectivity index (χ4n) is 1.93. The van der Waals surface area contributed by atoms with Gasteiger partial charge in [-0.05, 0) is 31.5 Å². The van der Waals surface area contributed by atoms with Gasteiger partial charge in [-0.3, -0.25) is 15.5 Å². The van der Waals surface area contributed by atoms with Crippen LogP contribution in [0.1, 0.15) is 25.8 Å². The third-order valence-electron chi connectivity index (χ3n) is 3.46. The molecule has 132 valence electrons. The van der Waals surface area contributed by atoms with Crippen LogP contribution in [-0.2, 0) is 0 Å². The molecule has 0 bridgehead atoms. The van der Waals surface area contributed by atoms with Crippen molar-refractivity contribution in [1.82, 2.24) is 4.98 Å². The Labute approximate surface area is 145 Å². The van der Waals surface area contributed by atoms with Crippen LogP contribution in [0.3, 0.4) is 0 Å². The first-order valence-electron chi connectivity index (χ1n) is 7.78. The van der Waals surface area contributed by atoms with Crippen molar-refractivity contribution in [3.05, 3.63) is 52.2 Å². The van der Waals surface area contributed by atoms with E-state index in [1.165, 1.54) is 18.3 Å². The molecule has 0 unspecified atom stereocenters. The fraction of sp³-hybridized carbons (Fsp3) is 0.294. The Bertz CT molecular complexity index is 747. The van der Waals surface area contributed by atoms with Gasteiger partial charge in [0.25, 0.3) is 5.69 Å². The first-order valence-corrected chi connectivity index (χ1v) is 7.78. The van der Waals surface area contributed by atoms with Crippen molar-refractivity contribution in [3.8, 4) is 11.5 Å². The minimum Gasteiger partial charge on any atom is -0.493 e. The summed E-state index contributed by atoms with van der Waals surface area (Å²) in [6.07, 6.45) is 3.65. The highest BCUT2D eigenvalue weighted by Crippen LogP contribution is 2.31. The summed E-state index contributed by atoms with van der Waals surface area (Å²) in [5, 5.41) is 14.7. The third kappa shape index (κ3) is 4.90. The molecule has 25 heavy (non-hydrogen) atoms. The highest BCUT2D eigenvalue weighted by Gasteiger charge is 2.12. The lowest BCUT2D eigenvalue weighted by Gasteiger charge is -2.17. The topological polar surface area (TPSA) is 98.9 Å². The number of rotatable bonds is 8. The van der Waals surface area contributed by atoms with Crippen molar-refractivity contribution < 1.29 is 14.4 Å². The third-order valence-corrected chi connectivity index (χ3v) is 3.46. The van der Waals surface area contributed by atoms with Crippen molar-refractivity contribution in [2.75, 3.05) is 12.5 Å². The van der Waals surface area contributed by atoms with E-state index in [0.29, 0.717) is 17.3 Å². The van der Waals surface area contributed by atoms with Crippen molar-refractivity contribution in [3.63, 3.8) is 0 Å². The Kier molecular flexibility index (Phi) is 6.27. The standard InChI is InChI=1S/C17H20N4O4/c1-4-12(2)25-17-13(6-5-7-15(17)24-3)10-19-20-16-9-8-14(11-18-16)21(22)23/h5-12H,4H2,1-3H3,(H,18,20)/b19-10+/t12-/m0/s1. The number of para-hydroxylation sites is 1. The first kappa shape index (κ1) is 18.2. The highest BCUT2D eigenvalue weighted by atomic mass is 16.6. The van der Waals surface area contributed by atoms with Crippen molar-refractivity contribution in [2.45, 2.75) is 26.4 Å². The van der Waals surface area contributed by atoms with Gasteiger partial charge in [0, 0.05) is 11.6 Å².